The SMILES string of the molecule is CC(N)CC(C)Sc1nc2ccccc2[nH]1. The molecule has 0 fully saturated rings. The van der Waals surface area contributed by atoms with Gasteiger partial charge in [-0.05, 0) is 25.5 Å². The van der Waals surface area contributed by atoms with E-state index in [1.165, 1.54) is 0 Å². The van der Waals surface area contributed by atoms with Crippen molar-refractivity contribution in [3.63, 3.8) is 0 Å². The van der Waals surface area contributed by atoms with Crippen LogP contribution in [0.3, 0.4) is 0 Å². The summed E-state index contributed by atoms with van der Waals surface area (Å²) in [6.07, 6.45) is 1.00. The van der Waals surface area contributed by atoms with Gasteiger partial charge in [-0.15, -0.1) is 0 Å². The highest BCUT2D eigenvalue weighted by Gasteiger charge is 2.10. The number of nitrogens with zero attached hydrogens (tertiary/aromatic N) is 1. The van der Waals surface area contributed by atoms with E-state index in [0.29, 0.717) is 5.25 Å². The van der Waals surface area contributed by atoms with Gasteiger partial charge in [0.25, 0.3) is 0 Å². The van der Waals surface area contributed by atoms with Crippen molar-refractivity contribution in [1.82, 2.24) is 9.97 Å². The van der Waals surface area contributed by atoms with Gasteiger partial charge in [-0.3, -0.25) is 0 Å². The average Bonchev–Trinajstić information content (AvgIpc) is 2.57. The Bertz CT molecular complexity index is 431. The van der Waals surface area contributed by atoms with Gasteiger partial charge in [0.15, 0.2) is 5.16 Å². The third-order valence-electron chi connectivity index (χ3n) is 2.38. The lowest BCUT2D eigenvalue weighted by Gasteiger charge is -2.11. The molecule has 2 aromatic rings. The van der Waals surface area contributed by atoms with Crippen LogP contribution in [0.25, 0.3) is 11.0 Å². The van der Waals surface area contributed by atoms with Crippen LogP contribution in [0.5, 0.6) is 0 Å². The largest absolute Gasteiger partial charge is 0.333 e. The number of thioether (sulfide) groups is 1. The Labute approximate surface area is 99.8 Å². The van der Waals surface area contributed by atoms with Gasteiger partial charge in [-0.1, -0.05) is 30.8 Å². The Kier molecular flexibility index (Phi) is 3.51. The predicted molar refractivity (Wildman–Crippen MR) is 69.7 cm³/mol. The lowest BCUT2D eigenvalue weighted by Crippen LogP contribution is -2.19. The molecule has 1 aromatic heterocycles. The topological polar surface area (TPSA) is 54.7 Å². The number of rotatable bonds is 4. The molecule has 1 heterocycles. The zero-order chi connectivity index (χ0) is 11.5. The van der Waals surface area contributed by atoms with Crippen LogP contribution in [0.4, 0.5) is 0 Å². The smallest absolute Gasteiger partial charge is 0.166 e. The molecule has 0 radical (unpaired) electrons. The van der Waals surface area contributed by atoms with E-state index in [1.54, 1.807) is 11.8 Å². The van der Waals surface area contributed by atoms with Gasteiger partial charge in [-0.25, -0.2) is 4.98 Å². The van der Waals surface area contributed by atoms with Gasteiger partial charge in [-0.2, -0.15) is 0 Å². The normalized spacial score (nSPS) is 15.2. The first-order valence-corrected chi connectivity index (χ1v) is 6.40. The van der Waals surface area contributed by atoms with Crippen LogP contribution >= 0.6 is 11.8 Å². The maximum Gasteiger partial charge on any atom is 0.166 e. The minimum absolute atomic E-state index is 0.242. The quantitative estimate of drug-likeness (QED) is 0.801. The van der Waals surface area contributed by atoms with Gasteiger partial charge in [0.2, 0.25) is 0 Å². The van der Waals surface area contributed by atoms with Crippen molar-refractivity contribution in [3.05, 3.63) is 24.3 Å². The first kappa shape index (κ1) is 11.5. The second kappa shape index (κ2) is 4.89. The molecule has 3 nitrogen and oxygen atoms in total. The van der Waals surface area contributed by atoms with E-state index in [0.717, 1.165) is 22.6 Å². The highest BCUT2D eigenvalue weighted by Crippen LogP contribution is 2.25. The molecule has 0 aliphatic rings. The summed E-state index contributed by atoms with van der Waals surface area (Å²) in [6.45, 7) is 4.22. The van der Waals surface area contributed by atoms with E-state index in [4.69, 9.17) is 5.73 Å². The predicted octanol–water partition coefficient (Wildman–Crippen LogP) is 2.78. The maximum atomic E-state index is 5.78. The van der Waals surface area contributed by atoms with Crippen LogP contribution in [0.2, 0.25) is 0 Å². The third-order valence-corrected chi connectivity index (χ3v) is 3.40. The van der Waals surface area contributed by atoms with Crippen LogP contribution in [-0.4, -0.2) is 21.3 Å². The summed E-state index contributed by atoms with van der Waals surface area (Å²) in [5.41, 5.74) is 7.90. The number of imidazole rings is 1. The minimum atomic E-state index is 0.242. The fraction of sp³-hybridized carbons (Fsp3) is 0.417. The Morgan fingerprint density at radius 3 is 2.81 bits per heavy atom. The van der Waals surface area contributed by atoms with Gasteiger partial charge in [0.1, 0.15) is 0 Å². The monoisotopic (exact) mass is 235 g/mol. The molecule has 0 amide bonds. The van der Waals surface area contributed by atoms with Crippen LogP contribution < -0.4 is 5.73 Å². The highest BCUT2D eigenvalue weighted by molar-refractivity contribution is 7.99. The number of hydrogen-bond acceptors (Lipinski definition) is 3. The summed E-state index contributed by atoms with van der Waals surface area (Å²) in [7, 11) is 0. The molecule has 4 heteroatoms. The molecular formula is C12H17N3S. The lowest BCUT2D eigenvalue weighted by molar-refractivity contribution is 0.662. The second-order valence-electron chi connectivity index (χ2n) is 4.20. The Balaban J connectivity index is 2.09. The maximum absolute atomic E-state index is 5.78. The summed E-state index contributed by atoms with van der Waals surface area (Å²) < 4.78 is 0. The highest BCUT2D eigenvalue weighted by atomic mass is 32.2. The molecular weight excluding hydrogens is 218 g/mol. The van der Waals surface area contributed by atoms with E-state index >= 15 is 0 Å². The molecule has 0 spiro atoms. The van der Waals surface area contributed by atoms with Gasteiger partial charge < -0.3 is 10.7 Å². The van der Waals surface area contributed by atoms with E-state index in [2.05, 4.69) is 16.9 Å². The number of H-pyrrole nitrogens is 1. The number of para-hydroxylation sites is 2. The fourth-order valence-corrected chi connectivity index (χ4v) is 2.85. The van der Waals surface area contributed by atoms with E-state index < -0.39 is 0 Å². The number of nitrogens with one attached hydrogen (secondary N) is 1. The van der Waals surface area contributed by atoms with Crippen LogP contribution in [0.15, 0.2) is 29.4 Å². The Morgan fingerprint density at radius 2 is 2.12 bits per heavy atom. The minimum Gasteiger partial charge on any atom is -0.333 e. The summed E-state index contributed by atoms with van der Waals surface area (Å²) in [4.78, 5) is 7.84. The zero-order valence-electron chi connectivity index (χ0n) is 9.60. The lowest BCUT2D eigenvalue weighted by atomic mass is 10.2. The Morgan fingerprint density at radius 1 is 1.38 bits per heavy atom. The summed E-state index contributed by atoms with van der Waals surface area (Å²) >= 11 is 1.75. The molecule has 2 rings (SSSR count). The van der Waals surface area contributed by atoms with E-state index in [9.17, 15) is 0 Å². The molecule has 2 atom stereocenters. The molecule has 3 N–H and O–H groups in total. The summed E-state index contributed by atoms with van der Waals surface area (Å²) in [5, 5.41) is 1.47. The number of aromatic amines is 1. The van der Waals surface area contributed by atoms with Crippen molar-refractivity contribution in [1.29, 1.82) is 0 Å². The number of aromatic nitrogens is 2. The van der Waals surface area contributed by atoms with Crippen molar-refractivity contribution in [2.24, 2.45) is 5.73 Å². The molecule has 0 saturated carbocycles. The van der Waals surface area contributed by atoms with Crippen molar-refractivity contribution in [2.45, 2.75) is 36.7 Å². The molecule has 0 aliphatic heterocycles. The van der Waals surface area contributed by atoms with Crippen molar-refractivity contribution in [2.75, 3.05) is 0 Å². The number of benzene rings is 1. The van der Waals surface area contributed by atoms with Crippen molar-refractivity contribution >= 4 is 22.8 Å². The average molecular weight is 235 g/mol. The van der Waals surface area contributed by atoms with Gasteiger partial charge >= 0.3 is 0 Å². The molecule has 86 valence electrons. The second-order valence-corrected chi connectivity index (χ2v) is 5.63. The number of nitrogens with two attached hydrogens (primary N) is 1. The first-order valence-electron chi connectivity index (χ1n) is 5.52. The van der Waals surface area contributed by atoms with Crippen LogP contribution in [-0.2, 0) is 0 Å². The molecule has 0 bridgehead atoms. The van der Waals surface area contributed by atoms with Crippen molar-refractivity contribution < 1.29 is 0 Å². The van der Waals surface area contributed by atoms with Crippen LogP contribution in [0.1, 0.15) is 20.3 Å². The third kappa shape index (κ3) is 2.77. The molecule has 0 saturated heterocycles. The summed E-state index contributed by atoms with van der Waals surface area (Å²) in [5.74, 6) is 0. The van der Waals surface area contributed by atoms with Gasteiger partial charge in [0, 0.05) is 11.3 Å². The van der Waals surface area contributed by atoms with Gasteiger partial charge in [0.05, 0.1) is 11.0 Å². The number of hydrogen-bond donors (Lipinski definition) is 2. The van der Waals surface area contributed by atoms with E-state index in [-0.39, 0.29) is 6.04 Å². The fourth-order valence-electron chi connectivity index (χ4n) is 1.75. The van der Waals surface area contributed by atoms with E-state index in [1.807, 2.05) is 31.2 Å². The molecule has 1 aromatic carbocycles. The molecule has 2 unspecified atom stereocenters. The summed E-state index contributed by atoms with van der Waals surface area (Å²) in [6, 6.07) is 8.32. The molecule has 0 aliphatic carbocycles. The zero-order valence-corrected chi connectivity index (χ0v) is 10.4. The Hall–Kier alpha value is -1.00. The first-order chi connectivity index (χ1) is 7.65. The number of fused-ring (bicyclic) bond motifs is 1. The standard InChI is InChI=1S/C12H17N3S/c1-8(13)7-9(2)16-12-14-10-5-3-4-6-11(10)15-12/h3-6,8-9H,7,13H2,1-2H3,(H,14,15). The van der Waals surface area contributed by atoms with Crippen molar-refractivity contribution in [3.8, 4) is 0 Å². The molecule has 16 heavy (non-hydrogen) atoms. The van der Waals surface area contributed by atoms with Crippen LogP contribution in [0, 0.1) is 0 Å².